The molecule has 5 atom stereocenters. The van der Waals surface area contributed by atoms with Crippen LogP contribution in [0.15, 0.2) is 18.2 Å². The Labute approximate surface area is 174 Å². The van der Waals surface area contributed by atoms with Crippen LogP contribution in [0.2, 0.25) is 5.02 Å². The summed E-state index contributed by atoms with van der Waals surface area (Å²) in [5.74, 6) is -2.11. The fraction of sp³-hybridized carbons (Fsp3) is 0.571. The smallest absolute Gasteiger partial charge is 0.250 e. The summed E-state index contributed by atoms with van der Waals surface area (Å²) in [6.45, 7) is 4.91. The lowest BCUT2D eigenvalue weighted by Gasteiger charge is -2.31. The highest BCUT2D eigenvalue weighted by molar-refractivity contribution is 6.31. The molecule has 0 bridgehead atoms. The van der Waals surface area contributed by atoms with Crippen molar-refractivity contribution in [3.05, 3.63) is 28.8 Å². The molecule has 1 spiro atoms. The Morgan fingerprint density at radius 1 is 1.28 bits per heavy atom. The summed E-state index contributed by atoms with van der Waals surface area (Å²) in [5, 5.41) is 6.78. The average molecular weight is 418 g/mol. The molecule has 7 nitrogen and oxygen atoms in total. The molecule has 0 radical (unpaired) electrons. The molecule has 0 aliphatic carbocycles. The van der Waals surface area contributed by atoms with E-state index in [0.29, 0.717) is 22.9 Å². The summed E-state index contributed by atoms with van der Waals surface area (Å²) in [6, 6.07) is 4.88. The van der Waals surface area contributed by atoms with Gasteiger partial charge in [0.15, 0.2) is 0 Å². The Morgan fingerprint density at radius 3 is 2.76 bits per heavy atom. The number of benzene rings is 1. The van der Waals surface area contributed by atoms with Gasteiger partial charge >= 0.3 is 0 Å². The minimum atomic E-state index is -1.28. The van der Waals surface area contributed by atoms with E-state index in [4.69, 9.17) is 16.3 Å². The van der Waals surface area contributed by atoms with Gasteiger partial charge in [-0.15, -0.1) is 0 Å². The Balaban J connectivity index is 1.61. The second-order valence-corrected chi connectivity index (χ2v) is 9.23. The number of nitrogens with one attached hydrogen (secondary N) is 2. The minimum absolute atomic E-state index is 0.0670. The zero-order valence-corrected chi connectivity index (χ0v) is 17.2. The summed E-state index contributed by atoms with van der Waals surface area (Å²) in [7, 11) is 0. The van der Waals surface area contributed by atoms with Gasteiger partial charge in [-0.25, -0.2) is 0 Å². The second-order valence-electron chi connectivity index (χ2n) is 8.79. The lowest BCUT2D eigenvalue weighted by atomic mass is 9.76. The number of anilines is 1. The van der Waals surface area contributed by atoms with E-state index in [1.165, 1.54) is 4.90 Å². The molecule has 4 aliphatic heterocycles. The number of halogens is 1. The van der Waals surface area contributed by atoms with Gasteiger partial charge in [-0.3, -0.25) is 24.6 Å². The summed E-state index contributed by atoms with van der Waals surface area (Å²) < 4.78 is 5.66. The van der Waals surface area contributed by atoms with Crippen molar-refractivity contribution in [1.82, 2.24) is 10.2 Å². The highest BCUT2D eigenvalue weighted by Gasteiger charge is 2.70. The first-order chi connectivity index (χ1) is 13.8. The molecular formula is C21H24ClN3O4. The number of likely N-dealkylation sites (tertiary alicyclic amines) is 1. The molecule has 8 heteroatoms. The molecule has 154 valence electrons. The topological polar surface area (TPSA) is 87.7 Å². The van der Waals surface area contributed by atoms with Gasteiger partial charge in [0.25, 0.3) is 0 Å². The molecule has 0 unspecified atom stereocenters. The molecule has 29 heavy (non-hydrogen) atoms. The van der Waals surface area contributed by atoms with Crippen LogP contribution in [0.4, 0.5) is 5.69 Å². The van der Waals surface area contributed by atoms with Gasteiger partial charge in [0, 0.05) is 28.9 Å². The van der Waals surface area contributed by atoms with E-state index < -0.39 is 17.4 Å². The first-order valence-corrected chi connectivity index (χ1v) is 10.6. The first-order valence-electron chi connectivity index (χ1n) is 10.2. The molecule has 1 aromatic carbocycles. The normalized spacial score (nSPS) is 35.7. The Hall–Kier alpha value is -1.96. The van der Waals surface area contributed by atoms with Crippen molar-refractivity contribution in [2.24, 2.45) is 17.8 Å². The van der Waals surface area contributed by atoms with Crippen LogP contribution in [-0.4, -0.2) is 47.9 Å². The van der Waals surface area contributed by atoms with Crippen molar-refractivity contribution in [3.63, 3.8) is 0 Å². The van der Waals surface area contributed by atoms with E-state index in [0.717, 1.165) is 12.8 Å². The summed E-state index contributed by atoms with van der Waals surface area (Å²) in [6.07, 6.45) is 1.65. The Morgan fingerprint density at radius 2 is 2.07 bits per heavy atom. The number of amides is 3. The number of nitrogens with zero attached hydrogens (tertiary/aromatic N) is 1. The maximum Gasteiger partial charge on any atom is 0.250 e. The third-order valence-electron chi connectivity index (χ3n) is 6.83. The molecule has 3 fully saturated rings. The molecule has 0 saturated carbocycles. The van der Waals surface area contributed by atoms with Crippen LogP contribution in [0, 0.1) is 17.8 Å². The van der Waals surface area contributed by atoms with Crippen molar-refractivity contribution >= 4 is 35.0 Å². The van der Waals surface area contributed by atoms with Crippen LogP contribution >= 0.6 is 11.6 Å². The molecule has 0 aromatic heterocycles. The fourth-order valence-corrected chi connectivity index (χ4v) is 5.68. The molecule has 2 N–H and O–H groups in total. The van der Waals surface area contributed by atoms with E-state index in [2.05, 4.69) is 10.6 Å². The van der Waals surface area contributed by atoms with E-state index in [9.17, 15) is 14.4 Å². The second kappa shape index (κ2) is 6.52. The number of imide groups is 1. The standard InChI is InChI=1S/C21H24ClN3O4/c1-10(2)17-15-16(19(27)25(18(15)26)9-12-4-3-7-29-12)21(24-17)13-8-11(22)5-6-14(13)23-20(21)28/h5-6,8,10,12,15-17,24H,3-4,7,9H2,1-2H3,(H,23,28)/t12-,15+,16+,17-,21+/m0/s1. The number of hydrogen-bond acceptors (Lipinski definition) is 5. The van der Waals surface area contributed by atoms with Gasteiger partial charge in [0.05, 0.1) is 24.5 Å². The van der Waals surface area contributed by atoms with E-state index in [-0.39, 0.29) is 42.3 Å². The van der Waals surface area contributed by atoms with Gasteiger partial charge in [-0.05, 0) is 37.0 Å². The third-order valence-corrected chi connectivity index (χ3v) is 7.07. The maximum atomic E-state index is 13.6. The first kappa shape index (κ1) is 19.0. The fourth-order valence-electron chi connectivity index (χ4n) is 5.51. The van der Waals surface area contributed by atoms with Gasteiger partial charge in [0.2, 0.25) is 17.7 Å². The summed E-state index contributed by atoms with van der Waals surface area (Å²) in [5.41, 5.74) is -0.00106. The van der Waals surface area contributed by atoms with Crippen LogP contribution in [0.3, 0.4) is 0 Å². The van der Waals surface area contributed by atoms with Crippen LogP contribution in [-0.2, 0) is 24.7 Å². The van der Waals surface area contributed by atoms with Crippen molar-refractivity contribution in [3.8, 4) is 0 Å². The quantitative estimate of drug-likeness (QED) is 0.733. The molecule has 4 aliphatic rings. The number of carbonyl (C=O) groups is 3. The monoisotopic (exact) mass is 417 g/mol. The van der Waals surface area contributed by atoms with Gasteiger partial charge in [-0.2, -0.15) is 0 Å². The van der Waals surface area contributed by atoms with Crippen LogP contribution in [0.1, 0.15) is 32.3 Å². The molecule has 3 saturated heterocycles. The molecule has 5 rings (SSSR count). The van der Waals surface area contributed by atoms with Gasteiger partial charge in [-0.1, -0.05) is 25.4 Å². The van der Waals surface area contributed by atoms with E-state index in [1.807, 2.05) is 13.8 Å². The van der Waals surface area contributed by atoms with Crippen LogP contribution < -0.4 is 10.6 Å². The average Bonchev–Trinajstić information content (AvgIpc) is 3.41. The number of ether oxygens (including phenoxy) is 1. The highest BCUT2D eigenvalue weighted by Crippen LogP contribution is 2.54. The van der Waals surface area contributed by atoms with Gasteiger partial charge in [0.1, 0.15) is 5.54 Å². The molecule has 3 amide bonds. The Kier molecular flexibility index (Phi) is 4.28. The van der Waals surface area contributed by atoms with Gasteiger partial charge < -0.3 is 10.1 Å². The summed E-state index contributed by atoms with van der Waals surface area (Å²) >= 11 is 6.24. The zero-order chi connectivity index (χ0) is 20.5. The zero-order valence-electron chi connectivity index (χ0n) is 16.4. The molecule has 4 heterocycles. The number of fused-ring (bicyclic) bond motifs is 4. The van der Waals surface area contributed by atoms with Crippen molar-refractivity contribution in [2.45, 2.75) is 44.4 Å². The van der Waals surface area contributed by atoms with E-state index in [1.54, 1.807) is 18.2 Å². The van der Waals surface area contributed by atoms with Crippen LogP contribution in [0.25, 0.3) is 0 Å². The predicted molar refractivity (Wildman–Crippen MR) is 106 cm³/mol. The number of rotatable bonds is 3. The number of hydrogen-bond donors (Lipinski definition) is 2. The number of carbonyl (C=O) groups excluding carboxylic acids is 3. The third kappa shape index (κ3) is 2.54. The maximum absolute atomic E-state index is 13.6. The lowest BCUT2D eigenvalue weighted by Crippen LogP contribution is -2.54. The Bertz CT molecular complexity index is 913. The van der Waals surface area contributed by atoms with Crippen molar-refractivity contribution < 1.29 is 19.1 Å². The highest BCUT2D eigenvalue weighted by atomic mass is 35.5. The van der Waals surface area contributed by atoms with E-state index >= 15 is 0 Å². The summed E-state index contributed by atoms with van der Waals surface area (Å²) in [4.78, 5) is 41.5. The largest absolute Gasteiger partial charge is 0.376 e. The van der Waals surface area contributed by atoms with Crippen LogP contribution in [0.5, 0.6) is 0 Å². The van der Waals surface area contributed by atoms with Crippen molar-refractivity contribution in [2.75, 3.05) is 18.5 Å². The SMILES string of the molecule is CC(C)[C@@H]1N[C@@]2(C(=O)Nc3ccc(Cl)cc32)[C@H]2C(=O)N(C[C@@H]3CCCO3)C(=O)[C@@H]12. The molecular weight excluding hydrogens is 394 g/mol. The molecule has 1 aromatic rings. The minimum Gasteiger partial charge on any atom is -0.376 e. The predicted octanol–water partition coefficient (Wildman–Crippen LogP) is 1.90. The van der Waals surface area contributed by atoms with Crippen molar-refractivity contribution in [1.29, 1.82) is 0 Å². The lowest BCUT2D eigenvalue weighted by molar-refractivity contribution is -0.144.